The molecule has 9 heteroatoms. The van der Waals surface area contributed by atoms with Gasteiger partial charge in [-0.25, -0.2) is 18.7 Å². The molecule has 180 valence electrons. The summed E-state index contributed by atoms with van der Waals surface area (Å²) in [6.07, 6.45) is 4.96. The van der Waals surface area contributed by atoms with Crippen LogP contribution in [0.1, 0.15) is 35.7 Å². The van der Waals surface area contributed by atoms with E-state index in [0.29, 0.717) is 46.7 Å². The van der Waals surface area contributed by atoms with Crippen molar-refractivity contribution < 1.29 is 18.0 Å². The Balaban J connectivity index is 1.43. The fourth-order valence-electron chi connectivity index (χ4n) is 4.62. The molecule has 2 aromatic carbocycles. The molecule has 3 heterocycles. The summed E-state index contributed by atoms with van der Waals surface area (Å²) in [5.74, 6) is -0.494. The topological polar surface area (TPSA) is 84.2 Å². The van der Waals surface area contributed by atoms with Crippen molar-refractivity contribution in [3.63, 3.8) is 0 Å². The summed E-state index contributed by atoms with van der Waals surface area (Å²) in [7, 11) is 0. The minimum absolute atomic E-state index is 0.155. The van der Waals surface area contributed by atoms with E-state index in [-0.39, 0.29) is 29.7 Å². The van der Waals surface area contributed by atoms with Crippen LogP contribution in [0.5, 0.6) is 0 Å². The monoisotopic (exact) mass is 477 g/mol. The first kappa shape index (κ1) is 22.9. The average molecular weight is 478 g/mol. The Labute approximate surface area is 201 Å². The summed E-state index contributed by atoms with van der Waals surface area (Å²) in [6.45, 7) is 4.71. The first-order valence-corrected chi connectivity index (χ1v) is 11.6. The minimum Gasteiger partial charge on any atom is -0.424 e. The number of aromatic nitrogens is 3. The van der Waals surface area contributed by atoms with Crippen LogP contribution in [0, 0.1) is 24.5 Å². The van der Waals surface area contributed by atoms with Crippen molar-refractivity contribution in [1.82, 2.24) is 19.9 Å². The highest BCUT2D eigenvalue weighted by Gasteiger charge is 2.34. The van der Waals surface area contributed by atoms with E-state index in [2.05, 4.69) is 27.2 Å². The molecule has 0 saturated carbocycles. The molecule has 4 aromatic rings. The number of carbonyl (C=O) groups is 1. The zero-order chi connectivity index (χ0) is 24.5. The van der Waals surface area contributed by atoms with Gasteiger partial charge in [-0.15, -0.1) is 0 Å². The Kier molecular flexibility index (Phi) is 6.15. The van der Waals surface area contributed by atoms with Gasteiger partial charge in [-0.3, -0.25) is 4.79 Å². The lowest BCUT2D eigenvalue weighted by Gasteiger charge is -2.40. The Morgan fingerprint density at radius 1 is 1.20 bits per heavy atom. The van der Waals surface area contributed by atoms with E-state index in [1.54, 1.807) is 31.5 Å². The Hall–Kier alpha value is -3.88. The van der Waals surface area contributed by atoms with Crippen LogP contribution in [0.2, 0.25) is 0 Å². The second-order valence-electron chi connectivity index (χ2n) is 8.92. The standard InChI is InChI=1S/C26H25F2N5O2/c1-15-5-3-10-33(22(15)14-31-26-32-21-12-17(27)6-7-23(21)35-26)25(34)19-11-16(2)20(28)13-18(19)24-29-8-4-9-30-24/h4,6-9,11-13,15,22H,3,5,10,14H2,1-2H3,(H,31,32)/t15-,22-/m1/s1. The van der Waals surface area contributed by atoms with Gasteiger partial charge >= 0.3 is 0 Å². The van der Waals surface area contributed by atoms with Crippen molar-refractivity contribution in [3.8, 4) is 11.4 Å². The number of piperidine rings is 1. The predicted octanol–water partition coefficient (Wildman–Crippen LogP) is 5.22. The molecule has 1 aliphatic heterocycles. The number of hydrogen-bond acceptors (Lipinski definition) is 6. The number of oxazole rings is 1. The van der Waals surface area contributed by atoms with Crippen molar-refractivity contribution in [1.29, 1.82) is 0 Å². The molecule has 2 atom stereocenters. The molecule has 5 rings (SSSR count). The van der Waals surface area contributed by atoms with Crippen LogP contribution in [0.4, 0.5) is 14.8 Å². The van der Waals surface area contributed by atoms with Gasteiger partial charge in [-0.1, -0.05) is 6.92 Å². The van der Waals surface area contributed by atoms with Gasteiger partial charge in [0.1, 0.15) is 17.2 Å². The molecule has 0 bridgehead atoms. The van der Waals surface area contributed by atoms with Crippen LogP contribution < -0.4 is 5.32 Å². The van der Waals surface area contributed by atoms with Gasteiger partial charge in [0.2, 0.25) is 0 Å². The van der Waals surface area contributed by atoms with Gasteiger partial charge in [0.15, 0.2) is 11.4 Å². The number of halogens is 2. The Bertz CT molecular complexity index is 1380. The maximum absolute atomic E-state index is 14.5. The second-order valence-corrected chi connectivity index (χ2v) is 8.92. The molecule has 1 saturated heterocycles. The van der Waals surface area contributed by atoms with Crippen LogP contribution in [0.25, 0.3) is 22.5 Å². The molecular formula is C26H25F2N5O2. The highest BCUT2D eigenvalue weighted by atomic mass is 19.1. The van der Waals surface area contributed by atoms with E-state index in [9.17, 15) is 13.6 Å². The normalized spacial score (nSPS) is 18.1. The first-order valence-electron chi connectivity index (χ1n) is 11.6. The summed E-state index contributed by atoms with van der Waals surface area (Å²) >= 11 is 0. The van der Waals surface area contributed by atoms with Crippen LogP contribution in [0.3, 0.4) is 0 Å². The van der Waals surface area contributed by atoms with Crippen molar-refractivity contribution >= 4 is 23.0 Å². The zero-order valence-corrected chi connectivity index (χ0v) is 19.5. The van der Waals surface area contributed by atoms with Crippen molar-refractivity contribution in [3.05, 3.63) is 71.6 Å². The van der Waals surface area contributed by atoms with Gasteiger partial charge < -0.3 is 14.6 Å². The third-order valence-electron chi connectivity index (χ3n) is 6.52. The second kappa shape index (κ2) is 9.40. The quantitative estimate of drug-likeness (QED) is 0.424. The first-order chi connectivity index (χ1) is 16.9. The number of rotatable bonds is 5. The summed E-state index contributed by atoms with van der Waals surface area (Å²) in [5, 5.41) is 3.18. The molecule has 1 N–H and O–H groups in total. The third kappa shape index (κ3) is 4.58. The Morgan fingerprint density at radius 3 is 2.80 bits per heavy atom. The molecule has 35 heavy (non-hydrogen) atoms. The van der Waals surface area contributed by atoms with Gasteiger partial charge in [0, 0.05) is 37.1 Å². The SMILES string of the molecule is Cc1cc(C(=O)N2CCC[C@@H](C)[C@H]2CNc2nc3cc(F)ccc3o2)c(-c2ncccn2)cc1F. The lowest BCUT2D eigenvalue weighted by Crippen LogP contribution is -2.51. The predicted molar refractivity (Wildman–Crippen MR) is 128 cm³/mol. The number of nitrogens with zero attached hydrogens (tertiary/aromatic N) is 4. The van der Waals surface area contributed by atoms with E-state index in [1.165, 1.54) is 24.3 Å². The number of fused-ring (bicyclic) bond motifs is 1. The number of anilines is 1. The molecule has 7 nitrogen and oxygen atoms in total. The Morgan fingerprint density at radius 2 is 2.00 bits per heavy atom. The molecule has 0 aliphatic carbocycles. The summed E-state index contributed by atoms with van der Waals surface area (Å²) in [4.78, 5) is 28.4. The average Bonchev–Trinajstić information content (AvgIpc) is 3.26. The van der Waals surface area contributed by atoms with E-state index in [4.69, 9.17) is 4.42 Å². The fraction of sp³-hybridized carbons (Fsp3) is 0.308. The molecule has 0 unspecified atom stereocenters. The fourth-order valence-corrected chi connectivity index (χ4v) is 4.62. The molecule has 2 aromatic heterocycles. The van der Waals surface area contributed by atoms with E-state index in [1.807, 2.05) is 4.90 Å². The molecule has 0 radical (unpaired) electrons. The summed E-state index contributed by atoms with van der Waals surface area (Å²) < 4.78 is 33.7. The van der Waals surface area contributed by atoms with E-state index < -0.39 is 5.82 Å². The zero-order valence-electron chi connectivity index (χ0n) is 19.5. The number of likely N-dealkylation sites (tertiary alicyclic amines) is 1. The number of aryl methyl sites for hydroxylation is 1. The molecular weight excluding hydrogens is 452 g/mol. The molecule has 1 amide bonds. The highest BCUT2D eigenvalue weighted by molar-refractivity contribution is 6.00. The van der Waals surface area contributed by atoms with Crippen LogP contribution in [-0.4, -0.2) is 44.9 Å². The molecule has 0 spiro atoms. The van der Waals surface area contributed by atoms with Crippen molar-refractivity contribution in [2.24, 2.45) is 5.92 Å². The number of benzene rings is 2. The lowest BCUT2D eigenvalue weighted by atomic mass is 9.89. The maximum atomic E-state index is 14.5. The van der Waals surface area contributed by atoms with Crippen LogP contribution >= 0.6 is 0 Å². The summed E-state index contributed by atoms with van der Waals surface area (Å²) in [5.41, 5.74) is 2.02. The van der Waals surface area contributed by atoms with Gasteiger partial charge in [-0.05, 0) is 61.6 Å². The minimum atomic E-state index is -0.415. The number of hydrogen-bond donors (Lipinski definition) is 1. The van der Waals surface area contributed by atoms with Crippen molar-refractivity contribution in [2.75, 3.05) is 18.4 Å². The number of amides is 1. The van der Waals surface area contributed by atoms with Crippen molar-refractivity contribution in [2.45, 2.75) is 32.7 Å². The third-order valence-corrected chi connectivity index (χ3v) is 6.52. The van der Waals surface area contributed by atoms with E-state index in [0.717, 1.165) is 12.8 Å². The number of nitrogens with one attached hydrogen (secondary N) is 1. The van der Waals surface area contributed by atoms with Gasteiger partial charge in [-0.2, -0.15) is 4.98 Å². The largest absolute Gasteiger partial charge is 0.424 e. The summed E-state index contributed by atoms with van der Waals surface area (Å²) in [6, 6.07) is 8.85. The maximum Gasteiger partial charge on any atom is 0.295 e. The van der Waals surface area contributed by atoms with Crippen LogP contribution in [0.15, 0.2) is 53.2 Å². The highest BCUT2D eigenvalue weighted by Crippen LogP contribution is 2.30. The lowest BCUT2D eigenvalue weighted by molar-refractivity contribution is 0.0540. The van der Waals surface area contributed by atoms with Gasteiger partial charge in [0.05, 0.1) is 11.6 Å². The molecule has 1 fully saturated rings. The molecule has 1 aliphatic rings. The smallest absolute Gasteiger partial charge is 0.295 e. The van der Waals surface area contributed by atoms with E-state index >= 15 is 0 Å². The van der Waals surface area contributed by atoms with Gasteiger partial charge in [0.25, 0.3) is 11.9 Å². The number of carbonyl (C=O) groups excluding carboxylic acids is 1. The van der Waals surface area contributed by atoms with Crippen LogP contribution in [-0.2, 0) is 0 Å².